The summed E-state index contributed by atoms with van der Waals surface area (Å²) in [5.41, 5.74) is 4.73. The van der Waals surface area contributed by atoms with Crippen LogP contribution in [-0.2, 0) is 0 Å². The topological polar surface area (TPSA) is 47.3 Å². The van der Waals surface area contributed by atoms with Crippen LogP contribution in [0.15, 0.2) is 31.8 Å². The quantitative estimate of drug-likeness (QED) is 0.560. The van der Waals surface area contributed by atoms with Gasteiger partial charge < -0.3 is 4.74 Å². The summed E-state index contributed by atoms with van der Waals surface area (Å²) in [5.74, 6) is 6.45. The third kappa shape index (κ3) is 3.32. The zero-order chi connectivity index (χ0) is 14.0. The van der Waals surface area contributed by atoms with E-state index < -0.39 is 0 Å². The van der Waals surface area contributed by atoms with Gasteiger partial charge in [-0.05, 0) is 56.1 Å². The molecule has 0 aliphatic rings. The number of nitrogens with two attached hydrogens (primary N) is 1. The van der Waals surface area contributed by atoms with Gasteiger partial charge in [-0.25, -0.2) is 5.43 Å². The van der Waals surface area contributed by atoms with Gasteiger partial charge in [0.05, 0.1) is 20.7 Å². The third-order valence-electron chi connectivity index (χ3n) is 2.66. The number of rotatable bonds is 4. The van der Waals surface area contributed by atoms with Crippen molar-refractivity contribution >= 4 is 54.8 Å². The Morgan fingerprint density at radius 2 is 2.05 bits per heavy atom. The zero-order valence-corrected chi connectivity index (χ0v) is 14.7. The minimum Gasteiger partial charge on any atom is -0.496 e. The number of hydrogen-bond donors (Lipinski definition) is 2. The largest absolute Gasteiger partial charge is 0.496 e. The highest BCUT2D eigenvalue weighted by Gasteiger charge is 2.21. The summed E-state index contributed by atoms with van der Waals surface area (Å²) in [6, 6.07) is 7.28. The second-order valence-corrected chi connectivity index (χ2v) is 7.95. The van der Waals surface area contributed by atoms with Gasteiger partial charge in [-0.15, -0.1) is 11.3 Å². The molecule has 0 fully saturated rings. The molecule has 0 bridgehead atoms. The van der Waals surface area contributed by atoms with Crippen molar-refractivity contribution < 1.29 is 4.74 Å². The van der Waals surface area contributed by atoms with Gasteiger partial charge in [-0.1, -0.05) is 11.6 Å². The second kappa shape index (κ2) is 6.56. The van der Waals surface area contributed by atoms with Gasteiger partial charge in [-0.3, -0.25) is 5.84 Å². The lowest BCUT2D eigenvalue weighted by atomic mass is 10.0. The van der Waals surface area contributed by atoms with Crippen LogP contribution in [0.25, 0.3) is 0 Å². The zero-order valence-electron chi connectivity index (χ0n) is 9.91. The predicted octanol–water partition coefficient (Wildman–Crippen LogP) is 4.49. The van der Waals surface area contributed by atoms with Gasteiger partial charge in [0.25, 0.3) is 0 Å². The Kier molecular flexibility index (Phi) is 5.28. The maximum atomic E-state index is 6.06. The van der Waals surface area contributed by atoms with Crippen LogP contribution >= 0.6 is 54.8 Å². The van der Waals surface area contributed by atoms with Gasteiger partial charge in [0.2, 0.25) is 0 Å². The molecule has 1 atom stereocenters. The minimum absolute atomic E-state index is 0.203. The number of hydrogen-bond acceptors (Lipinski definition) is 4. The lowest BCUT2D eigenvalue weighted by Crippen LogP contribution is -2.29. The van der Waals surface area contributed by atoms with Crippen LogP contribution in [-0.4, -0.2) is 7.11 Å². The van der Waals surface area contributed by atoms with E-state index in [4.69, 9.17) is 22.2 Å². The van der Waals surface area contributed by atoms with E-state index in [0.29, 0.717) is 5.02 Å². The van der Waals surface area contributed by atoms with Crippen molar-refractivity contribution in [2.24, 2.45) is 5.84 Å². The molecule has 0 aliphatic heterocycles. The first-order valence-corrected chi connectivity index (χ1v) is 8.09. The van der Waals surface area contributed by atoms with Crippen LogP contribution in [0.5, 0.6) is 5.75 Å². The molecule has 102 valence electrons. The van der Waals surface area contributed by atoms with Crippen LogP contribution in [0, 0.1) is 0 Å². The lowest BCUT2D eigenvalue weighted by molar-refractivity contribution is 0.404. The average Bonchev–Trinajstić information content (AvgIpc) is 2.70. The molecule has 0 amide bonds. The van der Waals surface area contributed by atoms with Gasteiger partial charge in [-0.2, -0.15) is 0 Å². The van der Waals surface area contributed by atoms with E-state index >= 15 is 0 Å². The lowest BCUT2D eigenvalue weighted by Gasteiger charge is -2.19. The van der Waals surface area contributed by atoms with Crippen molar-refractivity contribution in [2.75, 3.05) is 7.11 Å². The molecule has 1 heterocycles. The molecule has 19 heavy (non-hydrogen) atoms. The molecular formula is C12H11Br2ClN2OS. The highest BCUT2D eigenvalue weighted by atomic mass is 79.9. The first kappa shape index (κ1) is 15.3. The maximum Gasteiger partial charge on any atom is 0.124 e. The Hall–Kier alpha value is -0.110. The van der Waals surface area contributed by atoms with Crippen molar-refractivity contribution in [2.45, 2.75) is 6.04 Å². The van der Waals surface area contributed by atoms with Crippen molar-refractivity contribution in [3.05, 3.63) is 48.0 Å². The van der Waals surface area contributed by atoms with Gasteiger partial charge in [0, 0.05) is 16.1 Å². The highest BCUT2D eigenvalue weighted by Crippen LogP contribution is 2.40. The van der Waals surface area contributed by atoms with Gasteiger partial charge in [0.1, 0.15) is 5.75 Å². The number of halogens is 3. The number of nitrogens with one attached hydrogen (secondary N) is 1. The van der Waals surface area contributed by atoms with E-state index in [1.807, 2.05) is 18.2 Å². The predicted molar refractivity (Wildman–Crippen MR) is 86.9 cm³/mol. The standard InChI is InChI=1S/C12H11Br2ClN2OS/c1-18-9-3-2-6(15)4-7(9)11(17-16)8-5-10(13)19-12(8)14/h2-5,11,17H,16H2,1H3. The van der Waals surface area contributed by atoms with Crippen LogP contribution < -0.4 is 16.0 Å². The number of thiophene rings is 1. The van der Waals surface area contributed by atoms with E-state index in [1.54, 1.807) is 24.5 Å². The molecular weight excluding hydrogens is 415 g/mol. The monoisotopic (exact) mass is 424 g/mol. The maximum absolute atomic E-state index is 6.06. The second-order valence-electron chi connectivity index (χ2n) is 3.77. The van der Waals surface area contributed by atoms with Crippen molar-refractivity contribution in [1.82, 2.24) is 5.43 Å². The Balaban J connectivity index is 2.53. The molecule has 1 aromatic carbocycles. The molecule has 0 radical (unpaired) electrons. The molecule has 3 N–H and O–H groups in total. The Bertz CT molecular complexity index is 591. The third-order valence-corrected chi connectivity index (χ3v) is 5.28. The fourth-order valence-electron chi connectivity index (χ4n) is 1.83. The van der Waals surface area contributed by atoms with Crippen molar-refractivity contribution in [3.8, 4) is 5.75 Å². The molecule has 2 rings (SSSR count). The van der Waals surface area contributed by atoms with E-state index in [2.05, 4.69) is 37.3 Å². The average molecular weight is 427 g/mol. The summed E-state index contributed by atoms with van der Waals surface area (Å²) in [6.45, 7) is 0. The molecule has 3 nitrogen and oxygen atoms in total. The van der Waals surface area contributed by atoms with E-state index in [0.717, 1.165) is 24.4 Å². The SMILES string of the molecule is COc1ccc(Cl)cc1C(NN)c1cc(Br)sc1Br. The molecule has 0 aliphatic carbocycles. The normalized spacial score (nSPS) is 12.5. The van der Waals surface area contributed by atoms with Crippen molar-refractivity contribution in [3.63, 3.8) is 0 Å². The summed E-state index contributed by atoms with van der Waals surface area (Å²) in [4.78, 5) is 0. The number of methoxy groups -OCH3 is 1. The Morgan fingerprint density at radius 1 is 1.32 bits per heavy atom. The Morgan fingerprint density at radius 3 is 2.58 bits per heavy atom. The van der Waals surface area contributed by atoms with Crippen molar-refractivity contribution in [1.29, 1.82) is 0 Å². The summed E-state index contributed by atoms with van der Waals surface area (Å²) in [7, 11) is 1.62. The molecule has 0 saturated carbocycles. The van der Waals surface area contributed by atoms with Gasteiger partial charge in [0.15, 0.2) is 0 Å². The first-order valence-electron chi connectivity index (χ1n) is 5.31. The summed E-state index contributed by atoms with van der Waals surface area (Å²) in [6.07, 6.45) is 0. The van der Waals surface area contributed by atoms with E-state index in [9.17, 15) is 0 Å². The molecule has 0 spiro atoms. The number of benzene rings is 1. The number of hydrazine groups is 1. The Labute approximate surface area is 137 Å². The van der Waals surface area contributed by atoms with Gasteiger partial charge >= 0.3 is 0 Å². The van der Waals surface area contributed by atoms with Crippen LogP contribution in [0.3, 0.4) is 0 Å². The summed E-state index contributed by atoms with van der Waals surface area (Å²) < 4.78 is 7.40. The minimum atomic E-state index is -0.203. The first-order chi connectivity index (χ1) is 9.06. The highest BCUT2D eigenvalue weighted by molar-refractivity contribution is 9.12. The smallest absolute Gasteiger partial charge is 0.124 e. The molecule has 1 aromatic heterocycles. The van der Waals surface area contributed by atoms with Crippen LogP contribution in [0.2, 0.25) is 5.02 Å². The fraction of sp³-hybridized carbons (Fsp3) is 0.167. The van der Waals surface area contributed by atoms with Crippen LogP contribution in [0.4, 0.5) is 0 Å². The van der Waals surface area contributed by atoms with E-state index in [1.165, 1.54) is 0 Å². The summed E-state index contributed by atoms with van der Waals surface area (Å²) in [5, 5.41) is 0.640. The molecule has 0 saturated heterocycles. The van der Waals surface area contributed by atoms with E-state index in [-0.39, 0.29) is 6.04 Å². The summed E-state index contributed by atoms with van der Waals surface area (Å²) >= 11 is 14.7. The molecule has 7 heteroatoms. The number of ether oxygens (including phenoxy) is 1. The van der Waals surface area contributed by atoms with Crippen LogP contribution in [0.1, 0.15) is 17.2 Å². The molecule has 1 unspecified atom stereocenters. The fourth-order valence-corrected chi connectivity index (χ4v) is 4.91. The molecule has 2 aromatic rings.